The van der Waals surface area contributed by atoms with Crippen LogP contribution in [0.15, 0.2) is 24.3 Å². The second-order valence-corrected chi connectivity index (χ2v) is 6.34. The molecule has 3 N–H and O–H groups in total. The average molecular weight is 362 g/mol. The summed E-state index contributed by atoms with van der Waals surface area (Å²) in [6.45, 7) is 9.64. The van der Waals surface area contributed by atoms with Crippen LogP contribution in [0, 0.1) is 0 Å². The van der Waals surface area contributed by atoms with Crippen molar-refractivity contribution in [3.8, 4) is 0 Å². The van der Waals surface area contributed by atoms with E-state index in [9.17, 15) is 9.59 Å². The number of benzene rings is 1. The molecule has 1 aliphatic heterocycles. The first-order chi connectivity index (χ1) is 12.6. The maximum atomic E-state index is 12.2. The van der Waals surface area contributed by atoms with Gasteiger partial charge in [0, 0.05) is 43.3 Å². The Morgan fingerprint density at radius 1 is 1.23 bits per heavy atom. The van der Waals surface area contributed by atoms with Gasteiger partial charge in [-0.2, -0.15) is 0 Å². The van der Waals surface area contributed by atoms with E-state index in [0.29, 0.717) is 37.4 Å². The SMILES string of the molecule is CCN(CC)CCNC(=O)c1ccc(NC(=O)CC2COCCN2)cc1. The number of ether oxygens (including phenoxy) is 1. The fourth-order valence-corrected chi connectivity index (χ4v) is 2.86. The van der Waals surface area contributed by atoms with E-state index in [1.807, 2.05) is 0 Å². The molecular weight excluding hydrogens is 332 g/mol. The molecule has 1 fully saturated rings. The van der Waals surface area contributed by atoms with Gasteiger partial charge in [0.05, 0.1) is 13.2 Å². The Morgan fingerprint density at radius 2 is 1.96 bits per heavy atom. The van der Waals surface area contributed by atoms with Gasteiger partial charge in [0.1, 0.15) is 0 Å². The minimum absolute atomic E-state index is 0.0552. The Bertz CT molecular complexity index is 567. The first-order valence-corrected chi connectivity index (χ1v) is 9.34. The molecule has 0 spiro atoms. The lowest BCUT2D eigenvalue weighted by Gasteiger charge is -2.23. The summed E-state index contributed by atoms with van der Waals surface area (Å²) in [5.41, 5.74) is 1.27. The number of hydrogen-bond acceptors (Lipinski definition) is 5. The van der Waals surface area contributed by atoms with Crippen molar-refractivity contribution in [1.29, 1.82) is 0 Å². The number of carbonyl (C=O) groups is 2. The number of hydrogen-bond donors (Lipinski definition) is 3. The minimum Gasteiger partial charge on any atom is -0.378 e. The summed E-state index contributed by atoms with van der Waals surface area (Å²) in [5.74, 6) is -0.164. The highest BCUT2D eigenvalue weighted by molar-refractivity contribution is 5.95. The Labute approximate surface area is 155 Å². The van der Waals surface area contributed by atoms with Gasteiger partial charge in [-0.3, -0.25) is 9.59 Å². The smallest absolute Gasteiger partial charge is 0.251 e. The number of rotatable bonds is 9. The summed E-state index contributed by atoms with van der Waals surface area (Å²) in [4.78, 5) is 26.5. The summed E-state index contributed by atoms with van der Waals surface area (Å²) in [7, 11) is 0. The first kappa shape index (κ1) is 20.4. The average Bonchev–Trinajstić information content (AvgIpc) is 2.66. The van der Waals surface area contributed by atoms with E-state index in [0.717, 1.165) is 26.2 Å². The molecule has 0 aliphatic carbocycles. The molecule has 1 aliphatic rings. The molecule has 1 saturated heterocycles. The molecule has 1 unspecified atom stereocenters. The molecule has 1 aromatic carbocycles. The Kier molecular flexibility index (Phi) is 8.53. The van der Waals surface area contributed by atoms with Crippen LogP contribution in [0.2, 0.25) is 0 Å². The lowest BCUT2D eigenvalue weighted by atomic mass is 10.1. The second kappa shape index (κ2) is 10.9. The number of morpholine rings is 1. The normalized spacial score (nSPS) is 17.1. The highest BCUT2D eigenvalue weighted by Gasteiger charge is 2.17. The van der Waals surface area contributed by atoms with Crippen LogP contribution in [0.1, 0.15) is 30.6 Å². The third kappa shape index (κ3) is 6.74. The van der Waals surface area contributed by atoms with Crippen molar-refractivity contribution < 1.29 is 14.3 Å². The van der Waals surface area contributed by atoms with Crippen LogP contribution in [-0.2, 0) is 9.53 Å². The largest absolute Gasteiger partial charge is 0.378 e. The van der Waals surface area contributed by atoms with E-state index >= 15 is 0 Å². The van der Waals surface area contributed by atoms with Crippen LogP contribution >= 0.6 is 0 Å². The summed E-state index contributed by atoms with van der Waals surface area (Å²) in [6.07, 6.45) is 0.369. The molecule has 0 radical (unpaired) electrons. The van der Waals surface area contributed by atoms with Gasteiger partial charge in [-0.1, -0.05) is 13.8 Å². The van der Waals surface area contributed by atoms with Crippen LogP contribution in [0.4, 0.5) is 5.69 Å². The van der Waals surface area contributed by atoms with Crippen LogP contribution < -0.4 is 16.0 Å². The van der Waals surface area contributed by atoms with Crippen molar-refractivity contribution in [3.63, 3.8) is 0 Å². The minimum atomic E-state index is -0.0985. The molecule has 26 heavy (non-hydrogen) atoms. The summed E-state index contributed by atoms with van der Waals surface area (Å²) >= 11 is 0. The lowest BCUT2D eigenvalue weighted by Crippen LogP contribution is -2.43. The van der Waals surface area contributed by atoms with Crippen LogP contribution in [0.3, 0.4) is 0 Å². The second-order valence-electron chi connectivity index (χ2n) is 6.34. The molecule has 2 amide bonds. The van der Waals surface area contributed by atoms with Gasteiger partial charge in [0.2, 0.25) is 5.91 Å². The first-order valence-electron chi connectivity index (χ1n) is 9.34. The predicted molar refractivity (Wildman–Crippen MR) is 102 cm³/mol. The van der Waals surface area contributed by atoms with Crippen molar-refractivity contribution in [2.45, 2.75) is 26.3 Å². The van der Waals surface area contributed by atoms with Crippen molar-refractivity contribution >= 4 is 17.5 Å². The number of nitrogens with zero attached hydrogens (tertiary/aromatic N) is 1. The Hall–Kier alpha value is -1.96. The number of anilines is 1. The summed E-state index contributed by atoms with van der Waals surface area (Å²) < 4.78 is 5.35. The van der Waals surface area contributed by atoms with Crippen LogP contribution in [-0.4, -0.2) is 68.7 Å². The number of carbonyl (C=O) groups excluding carboxylic acids is 2. The fraction of sp³-hybridized carbons (Fsp3) is 0.579. The van der Waals surface area contributed by atoms with Gasteiger partial charge in [-0.25, -0.2) is 0 Å². The van der Waals surface area contributed by atoms with Crippen LogP contribution in [0.25, 0.3) is 0 Å². The molecule has 0 bridgehead atoms. The molecule has 1 atom stereocenters. The van der Waals surface area contributed by atoms with E-state index in [1.54, 1.807) is 24.3 Å². The quantitative estimate of drug-likeness (QED) is 0.612. The zero-order chi connectivity index (χ0) is 18.8. The summed E-state index contributed by atoms with van der Waals surface area (Å²) in [5, 5.41) is 9.03. The van der Waals surface area contributed by atoms with Crippen molar-refractivity contribution in [2.24, 2.45) is 0 Å². The molecule has 1 aromatic rings. The maximum Gasteiger partial charge on any atom is 0.251 e. The number of nitrogens with one attached hydrogen (secondary N) is 3. The van der Waals surface area contributed by atoms with Crippen molar-refractivity contribution in [2.75, 3.05) is 51.3 Å². The third-order valence-corrected chi connectivity index (χ3v) is 4.47. The molecule has 1 heterocycles. The van der Waals surface area contributed by atoms with Gasteiger partial charge in [-0.05, 0) is 37.4 Å². The molecule has 7 nitrogen and oxygen atoms in total. The zero-order valence-corrected chi connectivity index (χ0v) is 15.7. The molecule has 7 heteroatoms. The monoisotopic (exact) mass is 362 g/mol. The van der Waals surface area contributed by atoms with Gasteiger partial charge < -0.3 is 25.6 Å². The molecule has 0 saturated carbocycles. The van der Waals surface area contributed by atoms with Gasteiger partial charge in [0.15, 0.2) is 0 Å². The molecule has 144 valence electrons. The predicted octanol–water partition coefficient (Wildman–Crippen LogP) is 1.08. The van der Waals surface area contributed by atoms with Crippen molar-refractivity contribution in [1.82, 2.24) is 15.5 Å². The van der Waals surface area contributed by atoms with E-state index in [4.69, 9.17) is 4.74 Å². The molecule has 0 aromatic heterocycles. The Balaban J connectivity index is 1.75. The van der Waals surface area contributed by atoms with Crippen molar-refractivity contribution in [3.05, 3.63) is 29.8 Å². The highest BCUT2D eigenvalue weighted by Crippen LogP contribution is 2.11. The van der Waals surface area contributed by atoms with E-state index < -0.39 is 0 Å². The maximum absolute atomic E-state index is 12.2. The van der Waals surface area contributed by atoms with E-state index in [1.165, 1.54) is 0 Å². The van der Waals surface area contributed by atoms with Gasteiger partial charge >= 0.3 is 0 Å². The van der Waals surface area contributed by atoms with E-state index in [-0.39, 0.29) is 17.9 Å². The fourth-order valence-electron chi connectivity index (χ4n) is 2.86. The third-order valence-electron chi connectivity index (χ3n) is 4.47. The van der Waals surface area contributed by atoms with E-state index in [2.05, 4.69) is 34.7 Å². The molecule has 2 rings (SSSR count). The number of likely N-dealkylation sites (N-methyl/N-ethyl adjacent to an activating group) is 1. The zero-order valence-electron chi connectivity index (χ0n) is 15.7. The molecular formula is C19H30N4O3. The van der Waals surface area contributed by atoms with Crippen LogP contribution in [0.5, 0.6) is 0 Å². The summed E-state index contributed by atoms with van der Waals surface area (Å²) in [6, 6.07) is 7.01. The standard InChI is InChI=1S/C19H30N4O3/c1-3-23(4-2)11-9-21-19(25)15-5-7-16(8-6-15)22-18(24)13-17-14-26-12-10-20-17/h5-8,17,20H,3-4,9-14H2,1-2H3,(H,21,25)(H,22,24). The lowest BCUT2D eigenvalue weighted by molar-refractivity contribution is -0.117. The van der Waals surface area contributed by atoms with Gasteiger partial charge in [0.25, 0.3) is 5.91 Å². The highest BCUT2D eigenvalue weighted by atomic mass is 16.5. The number of amides is 2. The topological polar surface area (TPSA) is 82.7 Å². The Morgan fingerprint density at radius 3 is 2.58 bits per heavy atom. The van der Waals surface area contributed by atoms with Gasteiger partial charge in [-0.15, -0.1) is 0 Å².